The highest BCUT2D eigenvalue weighted by Crippen LogP contribution is 2.48. The van der Waals surface area contributed by atoms with E-state index >= 15 is 0 Å². The molecule has 4 rings (SSSR count). The third-order valence-electron chi connectivity index (χ3n) is 3.16. The standard InChI is InChI=1S/C12H10N6/c1-2-6-13-9(5-1)11-15-17-12(18-16-11)8-4-3-7-14-10(8)12/h1-7,11,15,17H/t11-,12-/m1/s1. The molecule has 1 spiro atoms. The topological polar surface area (TPSA) is 74.6 Å². The summed E-state index contributed by atoms with van der Waals surface area (Å²) in [5.74, 6) is 0. The Bertz CT molecular complexity index is 600. The molecule has 2 aliphatic rings. The van der Waals surface area contributed by atoms with Crippen molar-refractivity contribution in [2.75, 3.05) is 0 Å². The van der Waals surface area contributed by atoms with E-state index in [2.05, 4.69) is 31.0 Å². The van der Waals surface area contributed by atoms with Crippen molar-refractivity contribution in [3.8, 4) is 0 Å². The maximum Gasteiger partial charge on any atom is 0.214 e. The van der Waals surface area contributed by atoms with Crippen molar-refractivity contribution >= 4 is 0 Å². The van der Waals surface area contributed by atoms with Crippen LogP contribution in [-0.2, 0) is 5.66 Å². The molecule has 0 amide bonds. The molecule has 2 N–H and O–H groups in total. The molecule has 0 saturated heterocycles. The van der Waals surface area contributed by atoms with Crippen LogP contribution in [0.1, 0.15) is 23.1 Å². The van der Waals surface area contributed by atoms with E-state index < -0.39 is 5.66 Å². The van der Waals surface area contributed by atoms with Crippen molar-refractivity contribution in [2.24, 2.45) is 10.2 Å². The number of azo groups is 1. The zero-order valence-electron chi connectivity index (χ0n) is 9.41. The molecule has 2 aromatic heterocycles. The molecule has 2 aromatic rings. The number of hydrogen-bond acceptors (Lipinski definition) is 6. The van der Waals surface area contributed by atoms with Gasteiger partial charge in [0.2, 0.25) is 5.66 Å². The van der Waals surface area contributed by atoms with Gasteiger partial charge in [-0.25, -0.2) is 10.9 Å². The predicted octanol–water partition coefficient (Wildman–Crippen LogP) is 1.25. The fourth-order valence-electron chi connectivity index (χ4n) is 2.17. The summed E-state index contributed by atoms with van der Waals surface area (Å²) in [4.78, 5) is 8.52. The van der Waals surface area contributed by atoms with Crippen molar-refractivity contribution in [1.29, 1.82) is 0 Å². The van der Waals surface area contributed by atoms with Crippen molar-refractivity contribution in [2.45, 2.75) is 11.8 Å². The van der Waals surface area contributed by atoms with Gasteiger partial charge in [0.25, 0.3) is 0 Å². The Kier molecular flexibility index (Phi) is 1.86. The van der Waals surface area contributed by atoms with Crippen LogP contribution >= 0.6 is 0 Å². The van der Waals surface area contributed by atoms with Crippen LogP contribution in [-0.4, -0.2) is 9.97 Å². The third-order valence-corrected chi connectivity index (χ3v) is 3.16. The Hall–Kier alpha value is -2.18. The highest BCUT2D eigenvalue weighted by molar-refractivity contribution is 5.53. The monoisotopic (exact) mass is 238 g/mol. The van der Waals surface area contributed by atoms with Gasteiger partial charge in [-0.3, -0.25) is 9.97 Å². The first-order valence-electron chi connectivity index (χ1n) is 5.72. The number of nitrogens with zero attached hydrogens (tertiary/aromatic N) is 4. The van der Waals surface area contributed by atoms with E-state index in [0.717, 1.165) is 17.0 Å². The lowest BCUT2D eigenvalue weighted by Gasteiger charge is -2.23. The smallest absolute Gasteiger partial charge is 0.214 e. The molecular formula is C12H10N6. The highest BCUT2D eigenvalue weighted by atomic mass is 15.6. The second-order valence-electron chi connectivity index (χ2n) is 4.25. The summed E-state index contributed by atoms with van der Waals surface area (Å²) in [6.45, 7) is 0. The Balaban J connectivity index is 1.63. The fraction of sp³-hybridized carbons (Fsp3) is 0.167. The van der Waals surface area contributed by atoms with E-state index in [0.29, 0.717) is 0 Å². The molecule has 0 saturated carbocycles. The minimum atomic E-state index is -0.547. The van der Waals surface area contributed by atoms with Crippen molar-refractivity contribution in [3.63, 3.8) is 0 Å². The van der Waals surface area contributed by atoms with Gasteiger partial charge in [-0.1, -0.05) is 12.1 Å². The number of hydrazine groups is 1. The van der Waals surface area contributed by atoms with E-state index in [1.54, 1.807) is 12.4 Å². The van der Waals surface area contributed by atoms with Gasteiger partial charge in [0, 0.05) is 18.0 Å². The number of aromatic nitrogens is 2. The lowest BCUT2D eigenvalue weighted by atomic mass is 10.3. The number of nitrogens with one attached hydrogen (secondary N) is 2. The summed E-state index contributed by atoms with van der Waals surface area (Å²) >= 11 is 0. The van der Waals surface area contributed by atoms with E-state index in [-0.39, 0.29) is 6.17 Å². The third kappa shape index (κ3) is 1.24. The maximum atomic E-state index is 4.35. The van der Waals surface area contributed by atoms with E-state index in [4.69, 9.17) is 0 Å². The Labute approximate surface area is 103 Å². The molecule has 18 heavy (non-hydrogen) atoms. The average molecular weight is 238 g/mol. The van der Waals surface area contributed by atoms with Gasteiger partial charge < -0.3 is 0 Å². The number of rotatable bonds is 1. The molecule has 0 radical (unpaired) electrons. The molecule has 3 heterocycles. The molecule has 0 aromatic carbocycles. The van der Waals surface area contributed by atoms with Crippen molar-refractivity contribution in [1.82, 2.24) is 20.8 Å². The lowest BCUT2D eigenvalue weighted by molar-refractivity contribution is 0.288. The number of hydrogen-bond donors (Lipinski definition) is 2. The molecule has 0 unspecified atom stereocenters. The van der Waals surface area contributed by atoms with Crippen LogP contribution in [0.15, 0.2) is 53.0 Å². The first-order valence-corrected chi connectivity index (χ1v) is 5.72. The van der Waals surface area contributed by atoms with Crippen molar-refractivity contribution in [3.05, 3.63) is 59.7 Å². The second kappa shape index (κ2) is 3.41. The molecule has 0 fully saturated rings. The predicted molar refractivity (Wildman–Crippen MR) is 63.1 cm³/mol. The Morgan fingerprint density at radius 3 is 2.67 bits per heavy atom. The van der Waals surface area contributed by atoms with Crippen LogP contribution < -0.4 is 10.9 Å². The van der Waals surface area contributed by atoms with E-state index in [1.165, 1.54) is 0 Å². The van der Waals surface area contributed by atoms with Crippen LogP contribution in [0, 0.1) is 0 Å². The zero-order valence-corrected chi connectivity index (χ0v) is 9.41. The fourth-order valence-corrected chi connectivity index (χ4v) is 2.17. The average Bonchev–Trinajstić information content (AvgIpc) is 3.08. The molecule has 0 bridgehead atoms. The summed E-state index contributed by atoms with van der Waals surface area (Å²) in [5.41, 5.74) is 8.58. The summed E-state index contributed by atoms with van der Waals surface area (Å²) < 4.78 is 0. The van der Waals surface area contributed by atoms with Crippen LogP contribution in [0.3, 0.4) is 0 Å². The maximum absolute atomic E-state index is 4.35. The first kappa shape index (κ1) is 9.81. The van der Waals surface area contributed by atoms with Crippen LogP contribution in [0.25, 0.3) is 0 Å². The Morgan fingerprint density at radius 1 is 1.06 bits per heavy atom. The molecular weight excluding hydrogens is 228 g/mol. The van der Waals surface area contributed by atoms with Crippen LogP contribution in [0.4, 0.5) is 0 Å². The summed E-state index contributed by atoms with van der Waals surface area (Å²) in [7, 11) is 0. The number of pyridine rings is 2. The lowest BCUT2D eigenvalue weighted by Crippen LogP contribution is -2.45. The summed E-state index contributed by atoms with van der Waals surface area (Å²) in [5, 5.41) is 8.63. The first-order chi connectivity index (χ1) is 8.90. The minimum absolute atomic E-state index is 0.256. The second-order valence-corrected chi connectivity index (χ2v) is 4.25. The molecule has 1 aliphatic carbocycles. The van der Waals surface area contributed by atoms with Gasteiger partial charge >= 0.3 is 0 Å². The van der Waals surface area contributed by atoms with Gasteiger partial charge in [0.1, 0.15) is 0 Å². The van der Waals surface area contributed by atoms with Gasteiger partial charge in [-0.2, -0.15) is 10.2 Å². The number of fused-ring (bicyclic) bond motifs is 3. The largest absolute Gasteiger partial charge is 0.257 e. The highest BCUT2D eigenvalue weighted by Gasteiger charge is 2.55. The normalized spacial score (nSPS) is 28.1. The molecule has 6 nitrogen and oxygen atoms in total. The van der Waals surface area contributed by atoms with Gasteiger partial charge in [-0.15, -0.1) is 0 Å². The molecule has 6 heteroatoms. The van der Waals surface area contributed by atoms with Crippen LogP contribution in [0.5, 0.6) is 0 Å². The van der Waals surface area contributed by atoms with Crippen molar-refractivity contribution < 1.29 is 0 Å². The molecule has 1 aliphatic heterocycles. The summed E-state index contributed by atoms with van der Waals surface area (Å²) in [6, 6.07) is 9.61. The van der Waals surface area contributed by atoms with E-state index in [9.17, 15) is 0 Å². The molecule has 88 valence electrons. The summed E-state index contributed by atoms with van der Waals surface area (Å²) in [6.07, 6.45) is 3.24. The molecule has 2 atom stereocenters. The quantitative estimate of drug-likeness (QED) is 0.784. The van der Waals surface area contributed by atoms with E-state index in [1.807, 2.05) is 30.3 Å². The minimum Gasteiger partial charge on any atom is -0.257 e. The van der Waals surface area contributed by atoms with Gasteiger partial charge in [0.15, 0.2) is 6.17 Å². The zero-order chi connectivity index (χ0) is 12.0. The van der Waals surface area contributed by atoms with Crippen LogP contribution in [0.2, 0.25) is 0 Å². The van der Waals surface area contributed by atoms with Gasteiger partial charge in [-0.05, 0) is 18.2 Å². The van der Waals surface area contributed by atoms with Gasteiger partial charge in [0.05, 0.1) is 11.4 Å². The Morgan fingerprint density at radius 2 is 2.00 bits per heavy atom. The SMILES string of the molecule is c1ccc([C@H]2N=N[C@]3(NN2)c2cccnc23)nc1.